The van der Waals surface area contributed by atoms with Crippen molar-refractivity contribution >= 4 is 29.7 Å². The molecule has 1 aromatic heterocycles. The van der Waals surface area contributed by atoms with Crippen molar-refractivity contribution < 1.29 is 4.79 Å². The van der Waals surface area contributed by atoms with E-state index >= 15 is 0 Å². The molecule has 1 amide bonds. The molecule has 1 aromatic carbocycles. The molecule has 0 aliphatic carbocycles. The van der Waals surface area contributed by atoms with Crippen molar-refractivity contribution in [2.45, 2.75) is 58.7 Å². The lowest BCUT2D eigenvalue weighted by molar-refractivity contribution is -0.122. The van der Waals surface area contributed by atoms with Gasteiger partial charge < -0.3 is 10.2 Å². The minimum absolute atomic E-state index is 0.0225. The predicted molar refractivity (Wildman–Crippen MR) is 122 cm³/mol. The second-order valence-electron chi connectivity index (χ2n) is 7.65. The fourth-order valence-electron chi connectivity index (χ4n) is 3.00. The normalized spacial score (nSPS) is 12.3. The molecule has 0 spiro atoms. The Hall–Kier alpha value is -1.70. The molecule has 160 valence electrons. The third-order valence-corrected chi connectivity index (χ3v) is 5.41. The minimum atomic E-state index is 0.0225. The molecule has 0 saturated carbocycles. The molecule has 0 fully saturated rings. The highest BCUT2D eigenvalue weighted by molar-refractivity contribution is 7.71. The second-order valence-corrected chi connectivity index (χ2v) is 8.45. The Labute approximate surface area is 183 Å². The standard InChI is InChI=1S/C21H32ClN5OS/c1-5-6-13-26-20(17-7-9-18(22)10-8-17)24-27(21(26)29)15-12-19(28)23-16(2)11-14-25(3)4/h7-10,16H,5-6,11-15H2,1-4H3,(H,23,28)/t16-/m0/s1. The van der Waals surface area contributed by atoms with E-state index in [9.17, 15) is 4.79 Å². The SMILES string of the molecule is CCCCn1c(-c2ccc(Cl)cc2)nn(CCC(=O)N[C@@H](C)CCN(C)C)c1=S. The summed E-state index contributed by atoms with van der Waals surface area (Å²) in [6.07, 6.45) is 3.36. The molecular weight excluding hydrogens is 406 g/mol. The van der Waals surface area contributed by atoms with Gasteiger partial charge in [-0.15, -0.1) is 0 Å². The number of amides is 1. The molecule has 2 aromatic rings. The van der Waals surface area contributed by atoms with Crippen molar-refractivity contribution in [2.75, 3.05) is 20.6 Å². The monoisotopic (exact) mass is 437 g/mol. The molecule has 0 unspecified atom stereocenters. The van der Waals surface area contributed by atoms with Crippen LogP contribution in [0.5, 0.6) is 0 Å². The van der Waals surface area contributed by atoms with Crippen molar-refractivity contribution in [1.29, 1.82) is 0 Å². The van der Waals surface area contributed by atoms with Crippen molar-refractivity contribution in [3.63, 3.8) is 0 Å². The Morgan fingerprint density at radius 1 is 1.28 bits per heavy atom. The van der Waals surface area contributed by atoms with Gasteiger partial charge in [-0.25, -0.2) is 4.68 Å². The minimum Gasteiger partial charge on any atom is -0.354 e. The van der Waals surface area contributed by atoms with Gasteiger partial charge in [0.15, 0.2) is 10.6 Å². The van der Waals surface area contributed by atoms with Gasteiger partial charge in [-0.2, -0.15) is 5.10 Å². The first-order chi connectivity index (χ1) is 13.8. The summed E-state index contributed by atoms with van der Waals surface area (Å²) in [5.41, 5.74) is 0.970. The van der Waals surface area contributed by atoms with E-state index in [0.717, 1.165) is 43.7 Å². The summed E-state index contributed by atoms with van der Waals surface area (Å²) in [6.45, 7) is 6.40. The van der Waals surface area contributed by atoms with Gasteiger partial charge in [0.1, 0.15) is 0 Å². The molecule has 0 radical (unpaired) electrons. The van der Waals surface area contributed by atoms with Crippen LogP contribution in [0.1, 0.15) is 39.5 Å². The van der Waals surface area contributed by atoms with Crippen molar-refractivity contribution in [1.82, 2.24) is 24.6 Å². The summed E-state index contributed by atoms with van der Waals surface area (Å²) in [5, 5.41) is 8.46. The van der Waals surface area contributed by atoms with E-state index < -0.39 is 0 Å². The van der Waals surface area contributed by atoms with Crippen LogP contribution in [0, 0.1) is 4.77 Å². The number of nitrogens with zero attached hydrogens (tertiary/aromatic N) is 4. The zero-order chi connectivity index (χ0) is 21.4. The third kappa shape index (κ3) is 7.24. The highest BCUT2D eigenvalue weighted by Gasteiger charge is 2.14. The van der Waals surface area contributed by atoms with E-state index in [0.29, 0.717) is 22.8 Å². The van der Waals surface area contributed by atoms with Gasteiger partial charge in [-0.3, -0.25) is 9.36 Å². The van der Waals surface area contributed by atoms with Crippen LogP contribution >= 0.6 is 23.8 Å². The smallest absolute Gasteiger partial charge is 0.222 e. The number of nitrogens with one attached hydrogen (secondary N) is 1. The highest BCUT2D eigenvalue weighted by Crippen LogP contribution is 2.21. The molecule has 2 rings (SSSR count). The molecule has 0 aliphatic rings. The lowest BCUT2D eigenvalue weighted by atomic mass is 10.2. The number of unbranched alkanes of at least 4 members (excludes halogenated alkanes) is 1. The number of rotatable bonds is 11. The van der Waals surface area contributed by atoms with E-state index in [1.165, 1.54) is 0 Å². The lowest BCUT2D eigenvalue weighted by Gasteiger charge is -2.16. The van der Waals surface area contributed by atoms with E-state index in [4.69, 9.17) is 28.9 Å². The van der Waals surface area contributed by atoms with E-state index in [-0.39, 0.29) is 11.9 Å². The molecule has 1 atom stereocenters. The first-order valence-electron chi connectivity index (χ1n) is 10.2. The van der Waals surface area contributed by atoms with Crippen molar-refractivity contribution in [3.8, 4) is 11.4 Å². The fraction of sp³-hybridized carbons (Fsp3) is 0.571. The summed E-state index contributed by atoms with van der Waals surface area (Å²) in [7, 11) is 4.06. The van der Waals surface area contributed by atoms with E-state index in [1.807, 2.05) is 45.3 Å². The Morgan fingerprint density at radius 2 is 1.97 bits per heavy atom. The average Bonchev–Trinajstić information content (AvgIpc) is 2.99. The number of carbonyl (C=O) groups excluding carboxylic acids is 1. The van der Waals surface area contributed by atoms with Crippen LogP contribution in [-0.2, 0) is 17.9 Å². The van der Waals surface area contributed by atoms with Gasteiger partial charge >= 0.3 is 0 Å². The third-order valence-electron chi connectivity index (χ3n) is 4.73. The Morgan fingerprint density at radius 3 is 2.59 bits per heavy atom. The molecule has 6 nitrogen and oxygen atoms in total. The molecule has 0 saturated heterocycles. The van der Waals surface area contributed by atoms with Crippen LogP contribution < -0.4 is 5.32 Å². The van der Waals surface area contributed by atoms with Crippen LogP contribution in [-0.4, -0.2) is 51.8 Å². The summed E-state index contributed by atoms with van der Waals surface area (Å²) in [4.78, 5) is 14.4. The maximum absolute atomic E-state index is 12.3. The number of aryl methyl sites for hydroxylation is 1. The summed E-state index contributed by atoms with van der Waals surface area (Å²) < 4.78 is 4.47. The molecule has 29 heavy (non-hydrogen) atoms. The fourth-order valence-corrected chi connectivity index (χ4v) is 3.43. The van der Waals surface area contributed by atoms with Gasteiger partial charge in [0.25, 0.3) is 0 Å². The van der Waals surface area contributed by atoms with Gasteiger partial charge in [0.05, 0.1) is 6.54 Å². The van der Waals surface area contributed by atoms with Crippen molar-refractivity contribution in [3.05, 3.63) is 34.1 Å². The number of carbonyl (C=O) groups is 1. The topological polar surface area (TPSA) is 55.1 Å². The molecule has 8 heteroatoms. The van der Waals surface area contributed by atoms with Crippen LogP contribution in [0.3, 0.4) is 0 Å². The highest BCUT2D eigenvalue weighted by atomic mass is 35.5. The van der Waals surface area contributed by atoms with Gasteiger partial charge in [0.2, 0.25) is 5.91 Å². The number of aromatic nitrogens is 3. The quantitative estimate of drug-likeness (QED) is 0.530. The lowest BCUT2D eigenvalue weighted by Crippen LogP contribution is -2.35. The van der Waals surface area contributed by atoms with Gasteiger partial charge in [0, 0.05) is 29.6 Å². The van der Waals surface area contributed by atoms with Crippen molar-refractivity contribution in [2.24, 2.45) is 0 Å². The molecule has 1 N–H and O–H groups in total. The number of benzene rings is 1. The number of hydrogen-bond donors (Lipinski definition) is 1. The zero-order valence-electron chi connectivity index (χ0n) is 17.8. The Balaban J connectivity index is 2.09. The van der Waals surface area contributed by atoms with Crippen LogP contribution in [0.25, 0.3) is 11.4 Å². The molecule has 1 heterocycles. The zero-order valence-corrected chi connectivity index (χ0v) is 19.4. The number of hydrogen-bond acceptors (Lipinski definition) is 4. The summed E-state index contributed by atoms with van der Waals surface area (Å²) in [5.74, 6) is 0.842. The molecule has 0 aliphatic heterocycles. The predicted octanol–water partition coefficient (Wildman–Crippen LogP) is 4.38. The molecule has 0 bridgehead atoms. The van der Waals surface area contributed by atoms with Gasteiger partial charge in [-0.05, 0) is 76.9 Å². The van der Waals surface area contributed by atoms with Crippen LogP contribution in [0.2, 0.25) is 5.02 Å². The number of halogens is 1. The Bertz CT molecular complexity index is 844. The van der Waals surface area contributed by atoms with Gasteiger partial charge in [-0.1, -0.05) is 24.9 Å². The largest absolute Gasteiger partial charge is 0.354 e. The Kier molecular flexibility index (Phi) is 9.33. The van der Waals surface area contributed by atoms with Crippen LogP contribution in [0.15, 0.2) is 24.3 Å². The van der Waals surface area contributed by atoms with E-state index in [2.05, 4.69) is 21.7 Å². The average molecular weight is 438 g/mol. The van der Waals surface area contributed by atoms with E-state index in [1.54, 1.807) is 4.68 Å². The van der Waals surface area contributed by atoms with Crippen LogP contribution in [0.4, 0.5) is 0 Å². The maximum atomic E-state index is 12.3. The first kappa shape index (κ1) is 23.6. The maximum Gasteiger partial charge on any atom is 0.222 e. The first-order valence-corrected chi connectivity index (χ1v) is 11.0. The second kappa shape index (κ2) is 11.5. The summed E-state index contributed by atoms with van der Waals surface area (Å²) in [6, 6.07) is 7.75. The summed E-state index contributed by atoms with van der Waals surface area (Å²) >= 11 is 11.7. The molecular formula is C21H32ClN5OS.